The predicted octanol–water partition coefficient (Wildman–Crippen LogP) is 2.94. The number of halogens is 1. The number of nitrogens with zero attached hydrogens (tertiary/aromatic N) is 3. The average Bonchev–Trinajstić information content (AvgIpc) is 3.18. The van der Waals surface area contributed by atoms with Crippen LogP contribution in [0, 0.1) is 0 Å². The van der Waals surface area contributed by atoms with Gasteiger partial charge in [0.05, 0.1) is 19.1 Å². The van der Waals surface area contributed by atoms with Crippen LogP contribution < -0.4 is 0 Å². The maximum atomic E-state index is 13.0. The third-order valence-corrected chi connectivity index (χ3v) is 6.11. The van der Waals surface area contributed by atoms with E-state index in [2.05, 4.69) is 11.5 Å². The summed E-state index contributed by atoms with van der Waals surface area (Å²) in [7, 11) is 0. The van der Waals surface area contributed by atoms with Crippen molar-refractivity contribution in [2.24, 2.45) is 0 Å². The monoisotopic (exact) mass is 429 g/mol. The van der Waals surface area contributed by atoms with Gasteiger partial charge in [0, 0.05) is 30.6 Å². The largest absolute Gasteiger partial charge is 0.480 e. The molecule has 2 heterocycles. The summed E-state index contributed by atoms with van der Waals surface area (Å²) in [6.07, 6.45) is 3.56. The highest BCUT2D eigenvalue weighted by Gasteiger charge is 2.31. The third kappa shape index (κ3) is 6.88. The minimum absolute atomic E-state index is 0. The Hall–Kier alpha value is -1.41. The number of likely N-dealkylation sites (tertiary alicyclic amines) is 1. The first-order valence-corrected chi connectivity index (χ1v) is 10.5. The minimum atomic E-state index is -0.781. The quantitative estimate of drug-likeness (QED) is 0.579. The molecule has 158 valence electrons. The Bertz CT molecular complexity index is 618. The number of amides is 1. The van der Waals surface area contributed by atoms with Crippen molar-refractivity contribution < 1.29 is 14.7 Å². The molecule has 1 saturated heterocycles. The van der Waals surface area contributed by atoms with Gasteiger partial charge in [-0.15, -0.1) is 30.3 Å². The Morgan fingerprint density at radius 2 is 2.11 bits per heavy atom. The molecule has 2 rings (SSSR count). The van der Waals surface area contributed by atoms with Gasteiger partial charge < -0.3 is 10.0 Å². The summed E-state index contributed by atoms with van der Waals surface area (Å²) >= 11 is 1.66. The summed E-state index contributed by atoms with van der Waals surface area (Å²) in [5.74, 6) is -0.656. The van der Waals surface area contributed by atoms with Gasteiger partial charge >= 0.3 is 5.97 Å². The normalized spacial score (nSPS) is 16.4. The fourth-order valence-corrected chi connectivity index (χ4v) is 4.43. The van der Waals surface area contributed by atoms with Crippen LogP contribution in [0.25, 0.3) is 0 Å². The molecular weight excluding hydrogens is 398 g/mol. The lowest BCUT2D eigenvalue weighted by molar-refractivity contribution is -0.139. The van der Waals surface area contributed by atoms with Crippen LogP contribution in [0.4, 0.5) is 0 Å². The molecule has 1 aliphatic rings. The molecule has 0 aliphatic carbocycles. The molecule has 8 heteroatoms. The Morgan fingerprint density at radius 3 is 2.61 bits per heavy atom. The first-order valence-electron chi connectivity index (χ1n) is 9.58. The number of thiophene rings is 1. The minimum Gasteiger partial charge on any atom is -0.480 e. The number of hydrogen-bond acceptors (Lipinski definition) is 5. The maximum absolute atomic E-state index is 13.0. The van der Waals surface area contributed by atoms with Gasteiger partial charge in [-0.1, -0.05) is 19.1 Å². The van der Waals surface area contributed by atoms with E-state index in [9.17, 15) is 9.59 Å². The molecule has 1 aromatic rings. The van der Waals surface area contributed by atoms with E-state index >= 15 is 0 Å². The molecule has 1 aromatic heterocycles. The number of rotatable bonds is 10. The lowest BCUT2D eigenvalue weighted by Crippen LogP contribution is -2.53. The molecule has 6 nitrogen and oxygen atoms in total. The number of likely N-dealkylation sites (N-methyl/N-ethyl adjacent to an activating group) is 1. The van der Waals surface area contributed by atoms with Crippen LogP contribution >= 0.6 is 23.7 Å². The molecule has 1 N–H and O–H groups in total. The molecule has 1 fully saturated rings. The molecule has 0 radical (unpaired) electrons. The second kappa shape index (κ2) is 12.2. The van der Waals surface area contributed by atoms with Crippen molar-refractivity contribution >= 4 is 35.6 Å². The van der Waals surface area contributed by atoms with E-state index in [1.165, 1.54) is 4.88 Å². The SMILES string of the molecule is C=CCN(Cc1cccs1)C(=O)C(C)N1CCC(N(CC)CC(=O)O)CC1.Cl. The van der Waals surface area contributed by atoms with E-state index in [0.29, 0.717) is 13.1 Å². The zero-order valence-corrected chi connectivity index (χ0v) is 18.4. The summed E-state index contributed by atoms with van der Waals surface area (Å²) in [4.78, 5) is 31.3. The van der Waals surface area contributed by atoms with Gasteiger partial charge in [0.15, 0.2) is 0 Å². The molecule has 0 bridgehead atoms. The van der Waals surface area contributed by atoms with Crippen molar-refractivity contribution in [2.45, 2.75) is 45.3 Å². The summed E-state index contributed by atoms with van der Waals surface area (Å²) < 4.78 is 0. The summed E-state index contributed by atoms with van der Waals surface area (Å²) in [5.41, 5.74) is 0. The number of carbonyl (C=O) groups excluding carboxylic acids is 1. The van der Waals surface area contributed by atoms with E-state index in [0.717, 1.165) is 32.5 Å². The van der Waals surface area contributed by atoms with Crippen LogP contribution in [0.5, 0.6) is 0 Å². The van der Waals surface area contributed by atoms with Crippen LogP contribution in [0.3, 0.4) is 0 Å². The summed E-state index contributed by atoms with van der Waals surface area (Å²) in [6.45, 7) is 11.4. The molecule has 1 aliphatic heterocycles. The number of carboxylic acid groups (broad SMARTS) is 1. The zero-order valence-electron chi connectivity index (χ0n) is 16.7. The van der Waals surface area contributed by atoms with Gasteiger partial charge in [-0.3, -0.25) is 19.4 Å². The fraction of sp³-hybridized carbons (Fsp3) is 0.600. The topological polar surface area (TPSA) is 64.1 Å². The van der Waals surface area contributed by atoms with E-state index in [-0.39, 0.29) is 36.9 Å². The van der Waals surface area contributed by atoms with Crippen molar-refractivity contribution in [1.82, 2.24) is 14.7 Å². The zero-order chi connectivity index (χ0) is 19.8. The van der Waals surface area contributed by atoms with Crippen LogP contribution in [0.15, 0.2) is 30.2 Å². The lowest BCUT2D eigenvalue weighted by Gasteiger charge is -2.40. The van der Waals surface area contributed by atoms with Crippen molar-refractivity contribution in [3.63, 3.8) is 0 Å². The summed E-state index contributed by atoms with van der Waals surface area (Å²) in [6, 6.07) is 4.15. The Morgan fingerprint density at radius 1 is 1.43 bits per heavy atom. The summed E-state index contributed by atoms with van der Waals surface area (Å²) in [5, 5.41) is 11.1. The van der Waals surface area contributed by atoms with Crippen molar-refractivity contribution in [3.8, 4) is 0 Å². The molecule has 0 saturated carbocycles. The molecule has 0 aromatic carbocycles. The Balaban J connectivity index is 0.00000392. The standard InChI is InChI=1S/C20H31N3O3S.ClH/c1-4-10-23(14-18-7-6-13-27-18)20(26)16(3)22-11-8-17(9-12-22)21(5-2)15-19(24)25;/h4,6-7,13,16-17H,1,5,8-12,14-15H2,2-3H3,(H,24,25);1H. The second-order valence-corrected chi connectivity index (χ2v) is 8.02. The molecular formula is C20H32ClN3O3S. The molecule has 28 heavy (non-hydrogen) atoms. The van der Waals surface area contributed by atoms with Gasteiger partial charge in [-0.05, 0) is 37.8 Å². The highest BCUT2D eigenvalue weighted by atomic mass is 35.5. The molecule has 1 atom stereocenters. The van der Waals surface area contributed by atoms with Gasteiger partial charge in [0.1, 0.15) is 0 Å². The van der Waals surface area contributed by atoms with Crippen molar-refractivity contribution in [2.75, 3.05) is 32.7 Å². The van der Waals surface area contributed by atoms with E-state index in [4.69, 9.17) is 5.11 Å². The Labute approximate surface area is 178 Å². The highest BCUT2D eigenvalue weighted by Crippen LogP contribution is 2.20. The smallest absolute Gasteiger partial charge is 0.317 e. The first kappa shape index (κ1) is 24.6. The van der Waals surface area contributed by atoms with Gasteiger partial charge in [-0.25, -0.2) is 0 Å². The Kier molecular flexibility index (Phi) is 10.7. The van der Waals surface area contributed by atoms with Crippen LogP contribution in [0.1, 0.15) is 31.6 Å². The van der Waals surface area contributed by atoms with Crippen LogP contribution in [0.2, 0.25) is 0 Å². The first-order chi connectivity index (χ1) is 13.0. The van der Waals surface area contributed by atoms with Crippen molar-refractivity contribution in [3.05, 3.63) is 35.0 Å². The number of carbonyl (C=O) groups is 2. The number of aliphatic carboxylic acids is 1. The van der Waals surface area contributed by atoms with Gasteiger partial charge in [0.25, 0.3) is 0 Å². The number of hydrogen-bond donors (Lipinski definition) is 1. The fourth-order valence-electron chi connectivity index (χ4n) is 3.71. The van der Waals surface area contributed by atoms with E-state index in [1.807, 2.05) is 41.2 Å². The molecule has 1 unspecified atom stereocenters. The highest BCUT2D eigenvalue weighted by molar-refractivity contribution is 7.09. The van der Waals surface area contributed by atoms with Gasteiger partial charge in [0.2, 0.25) is 5.91 Å². The van der Waals surface area contributed by atoms with E-state index < -0.39 is 5.97 Å². The molecule has 1 amide bonds. The molecule has 0 spiro atoms. The number of piperidine rings is 1. The second-order valence-electron chi connectivity index (χ2n) is 6.99. The third-order valence-electron chi connectivity index (χ3n) is 5.25. The van der Waals surface area contributed by atoms with Gasteiger partial charge in [-0.2, -0.15) is 0 Å². The lowest BCUT2D eigenvalue weighted by atomic mass is 10.0. The van der Waals surface area contributed by atoms with Crippen LogP contribution in [-0.4, -0.2) is 76.5 Å². The van der Waals surface area contributed by atoms with Crippen molar-refractivity contribution in [1.29, 1.82) is 0 Å². The number of carboxylic acids is 1. The average molecular weight is 430 g/mol. The maximum Gasteiger partial charge on any atom is 0.317 e. The van der Waals surface area contributed by atoms with Crippen LogP contribution in [-0.2, 0) is 16.1 Å². The van der Waals surface area contributed by atoms with E-state index in [1.54, 1.807) is 17.4 Å². The predicted molar refractivity (Wildman–Crippen MR) is 116 cm³/mol.